The summed E-state index contributed by atoms with van der Waals surface area (Å²) in [4.78, 5) is 50.0. The minimum Gasteiger partial charge on any atom is -0.508 e. The number of esters is 1. The number of hydrogen-bond acceptors (Lipinski definition) is 16. The van der Waals surface area contributed by atoms with Crippen LogP contribution in [0.3, 0.4) is 0 Å². The van der Waals surface area contributed by atoms with Crippen LogP contribution in [0.5, 0.6) is 11.5 Å². The fourth-order valence-electron chi connectivity index (χ4n) is 7.71. The van der Waals surface area contributed by atoms with Gasteiger partial charge in [0.1, 0.15) is 47.8 Å². The van der Waals surface area contributed by atoms with E-state index in [2.05, 4.69) is 10.3 Å². The summed E-state index contributed by atoms with van der Waals surface area (Å²) in [5, 5.41) is 67.9. The number of carboxylic acid groups (broad SMARTS) is 1. The van der Waals surface area contributed by atoms with E-state index in [0.717, 1.165) is 22.3 Å². The molecule has 1 aromatic heterocycles. The number of aliphatic hydroxyl groups excluding tert-OH is 3. The van der Waals surface area contributed by atoms with Crippen LogP contribution in [0.25, 0.3) is 27.8 Å². The number of aryl methyl sites for hydroxylation is 2. The third-order valence-electron chi connectivity index (χ3n) is 10.8. The number of benzene rings is 3. The van der Waals surface area contributed by atoms with E-state index in [-0.39, 0.29) is 46.4 Å². The van der Waals surface area contributed by atoms with Crippen molar-refractivity contribution in [3.63, 3.8) is 0 Å². The van der Waals surface area contributed by atoms with E-state index in [1.165, 1.54) is 48.7 Å². The fraction of sp³-hybridized carbons (Fsp3) is 0.349. The Kier molecular flexibility index (Phi) is 12.2. The second-order valence-electron chi connectivity index (χ2n) is 14.9. The highest BCUT2D eigenvalue weighted by atomic mass is 16.8. The molecule has 0 aliphatic carbocycles. The third-order valence-corrected chi connectivity index (χ3v) is 10.8. The molecule has 7 unspecified atom stereocenters. The maximum atomic E-state index is 13.5. The molecule has 316 valence electrons. The summed E-state index contributed by atoms with van der Waals surface area (Å²) in [6.07, 6.45) is -2.31. The molecule has 0 spiro atoms. The number of nitrogens with one attached hydrogen (secondary N) is 1. The van der Waals surface area contributed by atoms with Gasteiger partial charge in [0.2, 0.25) is 6.29 Å². The molecule has 3 aromatic carbocycles. The second kappa shape index (κ2) is 17.4. The highest BCUT2D eigenvalue weighted by molar-refractivity contribution is 5.95. The summed E-state index contributed by atoms with van der Waals surface area (Å²) in [6.45, 7) is 1.64. The van der Waals surface area contributed by atoms with Gasteiger partial charge in [-0.2, -0.15) is 0 Å². The Morgan fingerprint density at radius 1 is 1.05 bits per heavy atom. The SMILES string of the molecule is CNC(CCO)C(C(=O)O)C(=O)OCC1OC(Oc2ccc3c(=O)c(-c4ccc(O)cc4)coc3c2)C(ON2CC3=CC=NC3=C2c2cc(C)cc(C)c2)C(O)C1(O)CO. The lowest BCUT2D eigenvalue weighted by atomic mass is 9.85. The normalized spacial score (nSPS) is 23.4. The van der Waals surface area contributed by atoms with Crippen molar-refractivity contribution in [3.05, 3.63) is 111 Å². The number of allylic oxidation sites excluding steroid dienone is 1. The van der Waals surface area contributed by atoms with Crippen LogP contribution in [0, 0.1) is 19.8 Å². The van der Waals surface area contributed by atoms with Gasteiger partial charge in [0.25, 0.3) is 0 Å². The number of carboxylic acids is 1. The first-order chi connectivity index (χ1) is 28.8. The highest BCUT2D eigenvalue weighted by Gasteiger charge is 2.58. The molecule has 4 aromatic rings. The molecule has 0 bridgehead atoms. The quantitative estimate of drug-likeness (QED) is 0.0670. The molecule has 17 nitrogen and oxygen atoms in total. The van der Waals surface area contributed by atoms with E-state index in [1.807, 2.05) is 38.1 Å². The summed E-state index contributed by atoms with van der Waals surface area (Å²) in [5.74, 6) is -4.45. The Hall–Kier alpha value is -5.92. The number of carbonyl (C=O) groups excluding carboxylic acids is 1. The van der Waals surface area contributed by atoms with Gasteiger partial charge in [0.15, 0.2) is 17.5 Å². The van der Waals surface area contributed by atoms with Crippen molar-refractivity contribution in [2.24, 2.45) is 10.9 Å². The van der Waals surface area contributed by atoms with Gasteiger partial charge in [-0.25, -0.2) is 5.06 Å². The van der Waals surface area contributed by atoms with Crippen LogP contribution in [0.15, 0.2) is 98.5 Å². The summed E-state index contributed by atoms with van der Waals surface area (Å²) in [7, 11) is 1.42. The van der Waals surface area contributed by atoms with Crippen LogP contribution in [-0.2, 0) is 23.9 Å². The van der Waals surface area contributed by atoms with Crippen LogP contribution in [-0.4, -0.2) is 124 Å². The number of phenols is 1. The van der Waals surface area contributed by atoms with Crippen molar-refractivity contribution < 1.29 is 63.7 Å². The van der Waals surface area contributed by atoms with Crippen molar-refractivity contribution >= 4 is 34.8 Å². The number of nitrogens with zero attached hydrogens (tertiary/aromatic N) is 2. The number of hydrogen-bond donors (Lipinski definition) is 7. The summed E-state index contributed by atoms with van der Waals surface area (Å²) in [5.41, 5.74) is 2.60. The molecular formula is C43H45N3O14. The Morgan fingerprint density at radius 3 is 2.45 bits per heavy atom. The molecule has 7 rings (SSSR count). The smallest absolute Gasteiger partial charge is 0.322 e. The number of fused-ring (bicyclic) bond motifs is 2. The fourth-order valence-corrected chi connectivity index (χ4v) is 7.71. The molecule has 3 aliphatic heterocycles. The van der Waals surface area contributed by atoms with Crippen molar-refractivity contribution in [3.8, 4) is 22.6 Å². The van der Waals surface area contributed by atoms with Gasteiger partial charge in [-0.3, -0.25) is 24.2 Å². The maximum absolute atomic E-state index is 13.5. The van der Waals surface area contributed by atoms with E-state index >= 15 is 0 Å². The Bertz CT molecular complexity index is 2410. The van der Waals surface area contributed by atoms with E-state index < -0.39 is 73.9 Å². The zero-order valence-electron chi connectivity index (χ0n) is 32.8. The van der Waals surface area contributed by atoms with E-state index in [1.54, 1.807) is 18.3 Å². The van der Waals surface area contributed by atoms with Gasteiger partial charge in [0.05, 0.1) is 35.5 Å². The third kappa shape index (κ3) is 8.16. The van der Waals surface area contributed by atoms with Crippen LogP contribution < -0.4 is 15.5 Å². The van der Waals surface area contributed by atoms with Crippen molar-refractivity contribution in [1.82, 2.24) is 10.4 Å². The minimum absolute atomic E-state index is 0.0297. The van der Waals surface area contributed by atoms with Crippen LogP contribution in [0.1, 0.15) is 23.1 Å². The molecule has 4 heterocycles. The van der Waals surface area contributed by atoms with Gasteiger partial charge in [-0.1, -0.05) is 29.3 Å². The molecule has 7 atom stereocenters. The van der Waals surface area contributed by atoms with E-state index in [0.29, 0.717) is 17.0 Å². The van der Waals surface area contributed by atoms with Crippen LogP contribution in [0.4, 0.5) is 0 Å². The van der Waals surface area contributed by atoms with Crippen molar-refractivity contribution in [2.75, 3.05) is 33.4 Å². The molecule has 3 aliphatic rings. The summed E-state index contributed by atoms with van der Waals surface area (Å²) >= 11 is 0. The Balaban J connectivity index is 1.23. The van der Waals surface area contributed by atoms with Crippen LogP contribution >= 0.6 is 0 Å². The molecule has 60 heavy (non-hydrogen) atoms. The van der Waals surface area contributed by atoms with Gasteiger partial charge in [-0.05, 0) is 75.4 Å². The van der Waals surface area contributed by atoms with Crippen molar-refractivity contribution in [2.45, 2.75) is 56.5 Å². The molecule has 17 heteroatoms. The minimum atomic E-state index is -2.57. The number of rotatable bonds is 15. The lowest BCUT2D eigenvalue weighted by molar-refractivity contribution is -0.353. The zero-order valence-corrected chi connectivity index (χ0v) is 32.8. The largest absolute Gasteiger partial charge is 0.508 e. The van der Waals surface area contributed by atoms with Gasteiger partial charge in [-0.15, -0.1) is 0 Å². The maximum Gasteiger partial charge on any atom is 0.322 e. The average Bonchev–Trinajstić information content (AvgIpc) is 3.81. The predicted octanol–water partition coefficient (Wildman–Crippen LogP) is 2.18. The highest BCUT2D eigenvalue weighted by Crippen LogP contribution is 2.41. The zero-order chi connectivity index (χ0) is 42.9. The summed E-state index contributed by atoms with van der Waals surface area (Å²) in [6, 6.07) is 15.2. The number of aliphatic hydroxyl groups is 4. The van der Waals surface area contributed by atoms with Gasteiger partial charge in [0, 0.05) is 36.1 Å². The molecular weight excluding hydrogens is 782 g/mol. The standard InChI is InChI=1S/C43H45N3O14/c1-22-14-23(2)16-26(15-22)36-35-25(10-12-45-35)18-46(36)60-38-39(51)43(55,21-48)33(20-57-41(54)34(40(52)53)31(44-3)11-13-47)59-42(38)58-28-8-9-29-32(17-28)56-19-30(37(29)50)24-4-6-27(49)7-5-24/h4-10,12,14-17,19,31,33-34,38-39,42,44,47-49,51,55H,11,13,18,20-21H2,1-3H3,(H,52,53). The molecule has 1 fully saturated rings. The molecule has 0 amide bonds. The lowest BCUT2D eigenvalue weighted by Crippen LogP contribution is -2.70. The first-order valence-electron chi connectivity index (χ1n) is 19.1. The number of carbonyl (C=O) groups is 2. The lowest BCUT2D eigenvalue weighted by Gasteiger charge is -2.48. The molecule has 7 N–H and O–H groups in total. The number of aliphatic carboxylic acids is 1. The summed E-state index contributed by atoms with van der Waals surface area (Å²) < 4.78 is 23.7. The average molecular weight is 828 g/mol. The number of phenolic OH excluding ortho intramolecular Hbond substituents is 1. The first kappa shape index (κ1) is 42.2. The van der Waals surface area contributed by atoms with Gasteiger partial charge < -0.3 is 54.6 Å². The predicted molar refractivity (Wildman–Crippen MR) is 215 cm³/mol. The topological polar surface area (TPSA) is 250 Å². The Labute approximate surface area is 343 Å². The van der Waals surface area contributed by atoms with Crippen molar-refractivity contribution in [1.29, 1.82) is 0 Å². The van der Waals surface area contributed by atoms with Gasteiger partial charge >= 0.3 is 11.9 Å². The number of ether oxygens (including phenoxy) is 3. The monoisotopic (exact) mass is 827 g/mol. The number of aromatic hydroxyl groups is 1. The molecule has 0 saturated carbocycles. The first-order valence-corrected chi connectivity index (χ1v) is 19.1. The van der Waals surface area contributed by atoms with Crippen LogP contribution in [0.2, 0.25) is 0 Å². The second-order valence-corrected chi connectivity index (χ2v) is 14.9. The molecule has 1 saturated heterocycles. The number of aliphatic imine (C=N–C) groups is 1. The Morgan fingerprint density at radius 2 is 1.78 bits per heavy atom. The van der Waals surface area contributed by atoms with E-state index in [9.17, 15) is 45.0 Å². The van der Waals surface area contributed by atoms with E-state index in [4.69, 9.17) is 23.5 Å². The number of hydroxylamine groups is 2. The molecule has 0 radical (unpaired) electrons.